The van der Waals surface area contributed by atoms with Crippen LogP contribution in [0.5, 0.6) is 0 Å². The van der Waals surface area contributed by atoms with Gasteiger partial charge in [-0.25, -0.2) is 9.78 Å². The number of carboxylic acids is 1. The van der Waals surface area contributed by atoms with Crippen molar-refractivity contribution in [3.63, 3.8) is 0 Å². The maximum Gasteiger partial charge on any atom is 0.335 e. The number of aromatic nitrogens is 1. The number of nitrogens with zero attached hydrogens (tertiary/aromatic N) is 1. The van der Waals surface area contributed by atoms with E-state index in [1.807, 2.05) is 6.92 Å². The molecule has 0 amide bonds. The molecule has 0 aliphatic rings. The van der Waals surface area contributed by atoms with E-state index in [4.69, 9.17) is 10.8 Å². The zero-order chi connectivity index (χ0) is 14.0. The van der Waals surface area contributed by atoms with Gasteiger partial charge in [0.15, 0.2) is 5.13 Å². The molecule has 0 saturated carbocycles. The fraction of sp³-hybridized carbons (Fsp3) is 0.231. The first-order valence-corrected chi connectivity index (χ1v) is 6.69. The molecule has 6 heteroatoms. The topological polar surface area (TPSA) is 88.2 Å². The molecule has 5 nitrogen and oxygen atoms in total. The van der Waals surface area contributed by atoms with Crippen LogP contribution in [0.3, 0.4) is 0 Å². The minimum absolute atomic E-state index is 0.174. The average Bonchev–Trinajstić information content (AvgIpc) is 2.72. The fourth-order valence-corrected chi connectivity index (χ4v) is 2.65. The van der Waals surface area contributed by atoms with E-state index in [2.05, 4.69) is 17.2 Å². The summed E-state index contributed by atoms with van der Waals surface area (Å²) in [5, 5.41) is 12.8. The number of anilines is 3. The number of aromatic carboxylic acids is 1. The van der Waals surface area contributed by atoms with Gasteiger partial charge in [-0.15, -0.1) is 11.3 Å². The number of rotatable bonds is 4. The number of carbonyl (C=O) groups is 1. The number of nitrogens with two attached hydrogens (primary N) is 1. The van der Waals surface area contributed by atoms with E-state index >= 15 is 0 Å². The van der Waals surface area contributed by atoms with Crippen LogP contribution in [0.25, 0.3) is 0 Å². The second kappa shape index (κ2) is 5.27. The molecule has 0 saturated heterocycles. The zero-order valence-electron chi connectivity index (χ0n) is 10.7. The molecule has 2 rings (SSSR count). The Morgan fingerprint density at radius 2 is 2.26 bits per heavy atom. The first-order valence-electron chi connectivity index (χ1n) is 5.87. The van der Waals surface area contributed by atoms with Crippen molar-refractivity contribution in [2.45, 2.75) is 20.3 Å². The van der Waals surface area contributed by atoms with E-state index in [0.717, 1.165) is 17.2 Å². The SMILES string of the molecule is CCc1nc(Nc2ccc(C(=O)O)cc2N)sc1C. The van der Waals surface area contributed by atoms with Gasteiger partial charge in [-0.2, -0.15) is 0 Å². The third-order valence-corrected chi connectivity index (χ3v) is 3.70. The highest BCUT2D eigenvalue weighted by Crippen LogP contribution is 2.28. The van der Waals surface area contributed by atoms with Gasteiger partial charge < -0.3 is 16.2 Å². The molecule has 0 aliphatic heterocycles. The van der Waals surface area contributed by atoms with E-state index in [1.165, 1.54) is 17.0 Å². The van der Waals surface area contributed by atoms with Crippen molar-refractivity contribution in [2.75, 3.05) is 11.1 Å². The van der Waals surface area contributed by atoms with Gasteiger partial charge in [-0.3, -0.25) is 0 Å². The van der Waals surface area contributed by atoms with Gasteiger partial charge in [-0.1, -0.05) is 6.92 Å². The number of hydrogen-bond acceptors (Lipinski definition) is 5. The Morgan fingerprint density at radius 3 is 2.79 bits per heavy atom. The summed E-state index contributed by atoms with van der Waals surface area (Å²) < 4.78 is 0. The maximum atomic E-state index is 10.8. The number of carboxylic acid groups (broad SMARTS) is 1. The van der Waals surface area contributed by atoms with Crippen LogP contribution >= 0.6 is 11.3 Å². The van der Waals surface area contributed by atoms with Gasteiger partial charge in [0, 0.05) is 4.88 Å². The molecular formula is C13H15N3O2S. The minimum atomic E-state index is -0.989. The van der Waals surface area contributed by atoms with Crippen molar-refractivity contribution < 1.29 is 9.90 Å². The van der Waals surface area contributed by atoms with E-state index in [0.29, 0.717) is 11.4 Å². The molecule has 0 atom stereocenters. The Balaban J connectivity index is 2.25. The summed E-state index contributed by atoms with van der Waals surface area (Å²) in [5.41, 5.74) is 8.13. The third-order valence-electron chi connectivity index (χ3n) is 2.77. The fourth-order valence-electron chi connectivity index (χ4n) is 1.73. The summed E-state index contributed by atoms with van der Waals surface area (Å²) in [4.78, 5) is 16.5. The van der Waals surface area contributed by atoms with Crippen LogP contribution in [0, 0.1) is 6.92 Å². The number of nitrogens with one attached hydrogen (secondary N) is 1. The Morgan fingerprint density at radius 1 is 1.53 bits per heavy atom. The molecule has 100 valence electrons. The highest BCUT2D eigenvalue weighted by Gasteiger charge is 2.09. The molecule has 2 aromatic rings. The minimum Gasteiger partial charge on any atom is -0.478 e. The van der Waals surface area contributed by atoms with Crippen LogP contribution in [0.15, 0.2) is 18.2 Å². The molecule has 4 N–H and O–H groups in total. The summed E-state index contributed by atoms with van der Waals surface area (Å²) in [6.07, 6.45) is 0.886. The molecular weight excluding hydrogens is 262 g/mol. The lowest BCUT2D eigenvalue weighted by atomic mass is 10.2. The lowest BCUT2D eigenvalue weighted by Gasteiger charge is -2.07. The summed E-state index contributed by atoms with van der Waals surface area (Å²) in [5.74, 6) is -0.989. The van der Waals surface area contributed by atoms with Gasteiger partial charge in [0.1, 0.15) is 0 Å². The lowest BCUT2D eigenvalue weighted by molar-refractivity contribution is 0.0697. The smallest absolute Gasteiger partial charge is 0.335 e. The number of benzene rings is 1. The van der Waals surface area contributed by atoms with Gasteiger partial charge >= 0.3 is 5.97 Å². The average molecular weight is 277 g/mol. The van der Waals surface area contributed by atoms with Crippen LogP contribution in [0.4, 0.5) is 16.5 Å². The number of aryl methyl sites for hydroxylation is 2. The summed E-state index contributed by atoms with van der Waals surface area (Å²) >= 11 is 1.56. The molecule has 0 bridgehead atoms. The zero-order valence-corrected chi connectivity index (χ0v) is 11.5. The Hall–Kier alpha value is -2.08. The van der Waals surface area contributed by atoms with Crippen molar-refractivity contribution in [1.29, 1.82) is 0 Å². The second-order valence-electron chi connectivity index (χ2n) is 4.11. The number of nitrogen functional groups attached to an aromatic ring is 1. The molecule has 0 radical (unpaired) electrons. The van der Waals surface area contributed by atoms with Crippen LogP contribution in [0.1, 0.15) is 27.9 Å². The first kappa shape index (κ1) is 13.4. The normalized spacial score (nSPS) is 10.4. The highest BCUT2D eigenvalue weighted by atomic mass is 32.1. The predicted molar refractivity (Wildman–Crippen MR) is 77.3 cm³/mol. The number of thiazole rings is 1. The summed E-state index contributed by atoms with van der Waals surface area (Å²) in [7, 11) is 0. The Labute approximate surface area is 115 Å². The molecule has 0 unspecified atom stereocenters. The standard InChI is InChI=1S/C13H15N3O2S/c1-3-10-7(2)19-13(15-10)16-11-5-4-8(12(17)18)6-9(11)14/h4-6H,3,14H2,1-2H3,(H,15,16)(H,17,18). The van der Waals surface area contributed by atoms with Crippen molar-refractivity contribution in [3.8, 4) is 0 Å². The molecule has 0 aliphatic carbocycles. The summed E-state index contributed by atoms with van der Waals surface area (Å²) in [6, 6.07) is 4.61. The predicted octanol–water partition coefficient (Wildman–Crippen LogP) is 3.04. The van der Waals surface area contributed by atoms with Gasteiger partial charge in [0.2, 0.25) is 0 Å². The third kappa shape index (κ3) is 2.85. The van der Waals surface area contributed by atoms with Crippen LogP contribution < -0.4 is 11.1 Å². The molecule has 0 fully saturated rings. The Kier molecular flexibility index (Phi) is 3.71. The molecule has 19 heavy (non-hydrogen) atoms. The van der Waals surface area contributed by atoms with Crippen LogP contribution in [0.2, 0.25) is 0 Å². The van der Waals surface area contributed by atoms with Crippen molar-refractivity contribution >= 4 is 33.8 Å². The van der Waals surface area contributed by atoms with Gasteiger partial charge in [0.05, 0.1) is 22.6 Å². The quantitative estimate of drug-likeness (QED) is 0.747. The molecule has 1 aromatic heterocycles. The van der Waals surface area contributed by atoms with Gasteiger partial charge in [-0.05, 0) is 31.5 Å². The molecule has 1 heterocycles. The monoisotopic (exact) mass is 277 g/mol. The lowest BCUT2D eigenvalue weighted by Crippen LogP contribution is -2.01. The first-order chi connectivity index (χ1) is 9.01. The second-order valence-corrected chi connectivity index (χ2v) is 5.31. The van der Waals surface area contributed by atoms with E-state index in [9.17, 15) is 4.79 Å². The van der Waals surface area contributed by atoms with Crippen molar-refractivity contribution in [2.24, 2.45) is 0 Å². The van der Waals surface area contributed by atoms with Crippen LogP contribution in [-0.4, -0.2) is 16.1 Å². The Bertz CT molecular complexity index is 622. The van der Waals surface area contributed by atoms with Gasteiger partial charge in [0.25, 0.3) is 0 Å². The van der Waals surface area contributed by atoms with Crippen molar-refractivity contribution in [1.82, 2.24) is 4.98 Å². The van der Waals surface area contributed by atoms with Crippen molar-refractivity contribution in [3.05, 3.63) is 34.3 Å². The number of hydrogen-bond donors (Lipinski definition) is 3. The van der Waals surface area contributed by atoms with E-state index in [1.54, 1.807) is 17.4 Å². The summed E-state index contributed by atoms with van der Waals surface area (Å²) in [6.45, 7) is 4.08. The van der Waals surface area contributed by atoms with E-state index in [-0.39, 0.29) is 5.56 Å². The largest absolute Gasteiger partial charge is 0.478 e. The highest BCUT2D eigenvalue weighted by molar-refractivity contribution is 7.15. The van der Waals surface area contributed by atoms with Crippen LogP contribution in [-0.2, 0) is 6.42 Å². The maximum absolute atomic E-state index is 10.8. The molecule has 0 spiro atoms. The molecule has 1 aromatic carbocycles. The van der Waals surface area contributed by atoms with E-state index < -0.39 is 5.97 Å².